The summed E-state index contributed by atoms with van der Waals surface area (Å²) in [4.78, 5) is 35.4. The molecule has 2 amide bonds. The van der Waals surface area contributed by atoms with Crippen molar-refractivity contribution in [2.75, 3.05) is 19.4 Å². The molecule has 1 N–H and O–H groups in total. The van der Waals surface area contributed by atoms with E-state index in [0.717, 1.165) is 5.56 Å². The molecule has 0 atom stereocenters. The maximum atomic E-state index is 12.6. The molecule has 0 fully saturated rings. The van der Waals surface area contributed by atoms with E-state index in [4.69, 9.17) is 0 Å². The number of hydrogen-bond acceptors (Lipinski definition) is 4. The van der Waals surface area contributed by atoms with Gasteiger partial charge < -0.3 is 9.47 Å². The summed E-state index contributed by atoms with van der Waals surface area (Å²) in [5, 5.41) is 3.39. The molecule has 0 aliphatic heterocycles. The zero-order chi connectivity index (χ0) is 20.6. The highest BCUT2D eigenvalue weighted by Crippen LogP contribution is 2.27. The van der Waals surface area contributed by atoms with Crippen molar-refractivity contribution in [3.8, 4) is 0 Å². The van der Waals surface area contributed by atoms with Crippen molar-refractivity contribution < 1.29 is 9.59 Å². The van der Waals surface area contributed by atoms with Crippen molar-refractivity contribution in [3.63, 3.8) is 0 Å². The molecule has 0 aliphatic rings. The molecule has 0 spiro atoms. The Kier molecular flexibility index (Phi) is 4.93. The minimum absolute atomic E-state index is 0.118. The molecule has 2 aromatic heterocycles. The number of rotatable bonds is 3. The third-order valence-electron chi connectivity index (χ3n) is 4.44. The quantitative estimate of drug-likeness (QED) is 0.756. The van der Waals surface area contributed by atoms with Crippen molar-refractivity contribution in [1.29, 1.82) is 0 Å². The minimum Gasteiger partial charge on any atom is -0.345 e. The highest BCUT2D eigenvalue weighted by atomic mass is 16.2. The molecule has 0 radical (unpaired) electrons. The molecule has 0 saturated carbocycles. The number of aryl methyl sites for hydroxylation is 1. The van der Waals surface area contributed by atoms with Gasteiger partial charge in [0, 0.05) is 37.6 Å². The second-order valence-electron chi connectivity index (χ2n) is 8.03. The van der Waals surface area contributed by atoms with Crippen LogP contribution < -0.4 is 5.32 Å². The first-order chi connectivity index (χ1) is 13.1. The number of amides is 2. The molecule has 28 heavy (non-hydrogen) atoms. The highest BCUT2D eigenvalue weighted by molar-refractivity contribution is 6.07. The van der Waals surface area contributed by atoms with Gasteiger partial charge in [-0.15, -0.1) is 0 Å². The van der Waals surface area contributed by atoms with Crippen LogP contribution in [0.5, 0.6) is 0 Å². The summed E-state index contributed by atoms with van der Waals surface area (Å²) in [5.74, 6) is -0.198. The molecule has 0 bridgehead atoms. The van der Waals surface area contributed by atoms with Gasteiger partial charge in [-0.1, -0.05) is 17.7 Å². The van der Waals surface area contributed by atoms with E-state index in [1.165, 1.54) is 4.90 Å². The second-order valence-corrected chi connectivity index (χ2v) is 8.03. The number of nitrogens with zero attached hydrogens (tertiary/aromatic N) is 4. The van der Waals surface area contributed by atoms with Crippen LogP contribution in [0.3, 0.4) is 0 Å². The Morgan fingerprint density at radius 2 is 1.75 bits per heavy atom. The summed E-state index contributed by atoms with van der Waals surface area (Å²) in [6.07, 6.45) is 3.39. The molecule has 7 nitrogen and oxygen atoms in total. The first kappa shape index (κ1) is 19.5. The first-order valence-corrected chi connectivity index (χ1v) is 9.06. The van der Waals surface area contributed by atoms with Gasteiger partial charge in [-0.25, -0.2) is 4.98 Å². The average molecular weight is 379 g/mol. The van der Waals surface area contributed by atoms with Crippen molar-refractivity contribution in [2.45, 2.75) is 33.2 Å². The van der Waals surface area contributed by atoms with Crippen LogP contribution in [0.4, 0.5) is 5.95 Å². The van der Waals surface area contributed by atoms with Gasteiger partial charge >= 0.3 is 0 Å². The maximum Gasteiger partial charge on any atom is 0.258 e. The Morgan fingerprint density at radius 3 is 2.32 bits per heavy atom. The standard InChI is InChI=1S/C21H25N5O2/c1-13-7-9-14(10-8-13)18(27)24-20-22-11-15-16(19(28)25(5)6)12-26(17(15)23-20)21(2,3)4/h7-12H,1-6H3,(H,22,23,24,27). The second kappa shape index (κ2) is 7.07. The largest absolute Gasteiger partial charge is 0.345 e. The van der Waals surface area contributed by atoms with E-state index >= 15 is 0 Å². The number of nitrogens with one attached hydrogen (secondary N) is 1. The van der Waals surface area contributed by atoms with E-state index in [2.05, 4.69) is 15.3 Å². The van der Waals surface area contributed by atoms with Crippen LogP contribution in [0.15, 0.2) is 36.7 Å². The van der Waals surface area contributed by atoms with E-state index in [1.807, 2.05) is 44.4 Å². The van der Waals surface area contributed by atoms with Crippen molar-refractivity contribution in [1.82, 2.24) is 19.4 Å². The van der Waals surface area contributed by atoms with Crippen LogP contribution in [0, 0.1) is 6.92 Å². The lowest BCUT2D eigenvalue weighted by Gasteiger charge is -2.22. The molecule has 1 aromatic carbocycles. The summed E-state index contributed by atoms with van der Waals surface area (Å²) in [5.41, 5.74) is 2.45. The van der Waals surface area contributed by atoms with Gasteiger partial charge in [0.15, 0.2) is 0 Å². The highest BCUT2D eigenvalue weighted by Gasteiger charge is 2.24. The van der Waals surface area contributed by atoms with Gasteiger partial charge in [-0.3, -0.25) is 14.9 Å². The zero-order valence-electron chi connectivity index (χ0n) is 17.1. The first-order valence-electron chi connectivity index (χ1n) is 9.06. The molecule has 3 aromatic rings. The van der Waals surface area contributed by atoms with Crippen molar-refractivity contribution >= 4 is 28.8 Å². The Labute approximate surface area is 164 Å². The SMILES string of the molecule is Cc1ccc(C(=O)Nc2ncc3c(C(=O)N(C)C)cn(C(C)(C)C)c3n2)cc1. The van der Waals surface area contributed by atoms with Gasteiger partial charge in [0.1, 0.15) is 5.65 Å². The summed E-state index contributed by atoms with van der Waals surface area (Å²) >= 11 is 0. The summed E-state index contributed by atoms with van der Waals surface area (Å²) in [6.45, 7) is 8.06. The van der Waals surface area contributed by atoms with Gasteiger partial charge in [-0.2, -0.15) is 4.98 Å². The van der Waals surface area contributed by atoms with Gasteiger partial charge in [-0.05, 0) is 39.8 Å². The molecule has 0 aliphatic carbocycles. The molecule has 146 valence electrons. The van der Waals surface area contributed by atoms with Crippen LogP contribution in [0.2, 0.25) is 0 Å². The van der Waals surface area contributed by atoms with Crippen LogP contribution in [-0.4, -0.2) is 45.3 Å². The fourth-order valence-electron chi connectivity index (χ4n) is 2.87. The number of carbonyl (C=O) groups excluding carboxylic acids is 2. The van der Waals surface area contributed by atoms with E-state index < -0.39 is 0 Å². The fraction of sp³-hybridized carbons (Fsp3) is 0.333. The summed E-state index contributed by atoms with van der Waals surface area (Å²) in [6, 6.07) is 7.27. The van der Waals surface area contributed by atoms with E-state index in [-0.39, 0.29) is 23.3 Å². The minimum atomic E-state index is -0.296. The molecule has 7 heteroatoms. The number of hydrogen-bond donors (Lipinski definition) is 1. The van der Waals surface area contributed by atoms with Crippen molar-refractivity contribution in [2.24, 2.45) is 0 Å². The Balaban J connectivity index is 2.03. The number of aromatic nitrogens is 3. The van der Waals surface area contributed by atoms with E-state index in [1.54, 1.807) is 38.6 Å². The number of anilines is 1. The Bertz CT molecular complexity index is 1040. The average Bonchev–Trinajstić information content (AvgIpc) is 3.00. The van der Waals surface area contributed by atoms with Crippen LogP contribution in [0.25, 0.3) is 11.0 Å². The smallest absolute Gasteiger partial charge is 0.258 e. The topological polar surface area (TPSA) is 80.1 Å². The molecule has 0 unspecified atom stereocenters. The zero-order valence-corrected chi connectivity index (χ0v) is 17.1. The number of fused-ring (bicyclic) bond motifs is 1. The van der Waals surface area contributed by atoms with Gasteiger partial charge in [0.05, 0.1) is 10.9 Å². The van der Waals surface area contributed by atoms with E-state index in [0.29, 0.717) is 22.2 Å². The molecule has 0 saturated heterocycles. The van der Waals surface area contributed by atoms with Gasteiger partial charge in [0.2, 0.25) is 5.95 Å². The lowest BCUT2D eigenvalue weighted by Crippen LogP contribution is -2.23. The van der Waals surface area contributed by atoms with Crippen molar-refractivity contribution in [3.05, 3.63) is 53.3 Å². The van der Waals surface area contributed by atoms with E-state index in [9.17, 15) is 9.59 Å². The van der Waals surface area contributed by atoms with Gasteiger partial charge in [0.25, 0.3) is 11.8 Å². The third kappa shape index (κ3) is 3.74. The molecular weight excluding hydrogens is 354 g/mol. The molecule has 2 heterocycles. The number of carbonyl (C=O) groups is 2. The third-order valence-corrected chi connectivity index (χ3v) is 4.44. The predicted molar refractivity (Wildman–Crippen MR) is 110 cm³/mol. The number of benzene rings is 1. The normalized spacial score (nSPS) is 11.5. The van der Waals surface area contributed by atoms with Crippen LogP contribution in [-0.2, 0) is 5.54 Å². The summed E-state index contributed by atoms with van der Waals surface area (Å²) < 4.78 is 1.93. The Hall–Kier alpha value is -3.22. The molecule has 3 rings (SSSR count). The Morgan fingerprint density at radius 1 is 1.11 bits per heavy atom. The molecular formula is C21H25N5O2. The van der Waals surface area contributed by atoms with Crippen LogP contribution >= 0.6 is 0 Å². The fourth-order valence-corrected chi connectivity index (χ4v) is 2.87. The lowest BCUT2D eigenvalue weighted by atomic mass is 10.1. The summed E-state index contributed by atoms with van der Waals surface area (Å²) in [7, 11) is 3.42. The monoisotopic (exact) mass is 379 g/mol. The maximum absolute atomic E-state index is 12.6. The van der Waals surface area contributed by atoms with Crippen LogP contribution in [0.1, 0.15) is 47.1 Å². The lowest BCUT2D eigenvalue weighted by molar-refractivity contribution is 0.0828. The predicted octanol–water partition coefficient (Wildman–Crippen LogP) is 3.45.